The van der Waals surface area contributed by atoms with Crippen LogP contribution in [0.25, 0.3) is 10.9 Å². The lowest BCUT2D eigenvalue weighted by Gasteiger charge is -2.11. The van der Waals surface area contributed by atoms with Gasteiger partial charge in [-0.25, -0.2) is 4.79 Å². The van der Waals surface area contributed by atoms with Crippen LogP contribution in [0.2, 0.25) is 0 Å². The number of rotatable bonds is 5. The lowest BCUT2D eigenvalue weighted by atomic mass is 10.1. The molecule has 0 aliphatic heterocycles. The number of benzene rings is 1. The molecule has 1 aromatic carbocycles. The van der Waals surface area contributed by atoms with E-state index in [1.165, 1.54) is 6.08 Å². The summed E-state index contributed by atoms with van der Waals surface area (Å²) in [4.78, 5) is 26.0. The van der Waals surface area contributed by atoms with Crippen LogP contribution >= 0.6 is 0 Å². The summed E-state index contributed by atoms with van der Waals surface area (Å²) in [6.45, 7) is 3.48. The fourth-order valence-electron chi connectivity index (χ4n) is 1.88. The van der Waals surface area contributed by atoms with Crippen molar-refractivity contribution >= 4 is 22.8 Å². The largest absolute Gasteiger partial charge is 0.480 e. The van der Waals surface area contributed by atoms with Gasteiger partial charge in [-0.2, -0.15) is 0 Å². The lowest BCUT2D eigenvalue weighted by Crippen LogP contribution is -2.40. The van der Waals surface area contributed by atoms with Gasteiger partial charge < -0.3 is 15.4 Å². The Kier molecular flexibility index (Phi) is 3.66. The first-order valence-electron chi connectivity index (χ1n) is 5.84. The monoisotopic (exact) mass is 258 g/mol. The normalized spacial score (nSPS) is 12.0. The quantitative estimate of drug-likeness (QED) is 0.717. The molecule has 0 fully saturated rings. The summed E-state index contributed by atoms with van der Waals surface area (Å²) in [5, 5.41) is 12.2. The molecule has 98 valence electrons. The number of amides is 1. The van der Waals surface area contributed by atoms with Crippen molar-refractivity contribution in [3.8, 4) is 0 Å². The van der Waals surface area contributed by atoms with Crippen molar-refractivity contribution < 1.29 is 14.7 Å². The van der Waals surface area contributed by atoms with Crippen molar-refractivity contribution in [3.05, 3.63) is 48.7 Å². The van der Waals surface area contributed by atoms with Crippen LogP contribution in [0.5, 0.6) is 0 Å². The van der Waals surface area contributed by atoms with E-state index in [9.17, 15) is 9.59 Å². The highest BCUT2D eigenvalue weighted by molar-refractivity contribution is 6.07. The lowest BCUT2D eigenvalue weighted by molar-refractivity contribution is -0.139. The molecule has 1 atom stereocenters. The van der Waals surface area contributed by atoms with Gasteiger partial charge in [0.05, 0.1) is 5.56 Å². The van der Waals surface area contributed by atoms with Crippen LogP contribution < -0.4 is 5.32 Å². The van der Waals surface area contributed by atoms with Gasteiger partial charge in [0.1, 0.15) is 6.04 Å². The van der Waals surface area contributed by atoms with Crippen molar-refractivity contribution in [1.29, 1.82) is 0 Å². The van der Waals surface area contributed by atoms with E-state index in [0.717, 1.165) is 10.9 Å². The van der Waals surface area contributed by atoms with Crippen molar-refractivity contribution in [3.63, 3.8) is 0 Å². The molecule has 19 heavy (non-hydrogen) atoms. The standard InChI is InChI=1S/C14H14N2O3/c1-2-5-12(14(18)19)16-13(17)10-8-15-11-7-4-3-6-9(10)11/h2-4,6-8,12,15H,1,5H2,(H,16,17)(H,18,19). The number of aromatic nitrogens is 1. The number of nitrogens with one attached hydrogen (secondary N) is 2. The van der Waals surface area contributed by atoms with Crippen LogP contribution in [0.4, 0.5) is 0 Å². The second-order valence-corrected chi connectivity index (χ2v) is 4.14. The molecule has 5 heteroatoms. The molecule has 0 aliphatic rings. The number of hydrogen-bond acceptors (Lipinski definition) is 2. The molecule has 1 amide bonds. The molecule has 5 nitrogen and oxygen atoms in total. The van der Waals surface area contributed by atoms with Crippen molar-refractivity contribution in [2.24, 2.45) is 0 Å². The van der Waals surface area contributed by atoms with Crippen LogP contribution in [0.15, 0.2) is 43.1 Å². The van der Waals surface area contributed by atoms with Crippen LogP contribution in [0.3, 0.4) is 0 Å². The van der Waals surface area contributed by atoms with Crippen molar-refractivity contribution in [2.45, 2.75) is 12.5 Å². The SMILES string of the molecule is C=CCC(NC(=O)c1c[nH]c2ccccc12)C(=O)O. The predicted octanol–water partition coefficient (Wildman–Crippen LogP) is 1.93. The predicted molar refractivity (Wildman–Crippen MR) is 72.0 cm³/mol. The first-order valence-corrected chi connectivity index (χ1v) is 5.84. The van der Waals surface area contributed by atoms with E-state index in [0.29, 0.717) is 5.56 Å². The van der Waals surface area contributed by atoms with E-state index in [-0.39, 0.29) is 6.42 Å². The van der Waals surface area contributed by atoms with Gasteiger partial charge in [-0.05, 0) is 12.5 Å². The van der Waals surface area contributed by atoms with Crippen molar-refractivity contribution in [1.82, 2.24) is 10.3 Å². The summed E-state index contributed by atoms with van der Waals surface area (Å²) in [6, 6.07) is 6.39. The third kappa shape index (κ3) is 2.65. The molecule has 0 saturated carbocycles. The van der Waals surface area contributed by atoms with Gasteiger partial charge in [-0.15, -0.1) is 6.58 Å². The van der Waals surface area contributed by atoms with Gasteiger partial charge in [0.25, 0.3) is 5.91 Å². The molecule has 0 aliphatic carbocycles. The maximum absolute atomic E-state index is 12.1. The molecule has 2 aromatic rings. The number of aromatic amines is 1. The Hall–Kier alpha value is -2.56. The van der Waals surface area contributed by atoms with Gasteiger partial charge >= 0.3 is 5.97 Å². The molecular weight excluding hydrogens is 244 g/mol. The zero-order valence-electron chi connectivity index (χ0n) is 10.2. The first-order chi connectivity index (χ1) is 9.13. The van der Waals surface area contributed by atoms with Crippen LogP contribution in [-0.2, 0) is 4.79 Å². The molecule has 3 N–H and O–H groups in total. The third-order valence-corrected chi connectivity index (χ3v) is 2.84. The zero-order chi connectivity index (χ0) is 13.8. The highest BCUT2D eigenvalue weighted by Gasteiger charge is 2.20. The number of H-pyrrole nitrogens is 1. The number of carboxylic acids is 1. The smallest absolute Gasteiger partial charge is 0.326 e. The Labute approximate surface area is 109 Å². The van der Waals surface area contributed by atoms with Gasteiger partial charge in [0, 0.05) is 17.1 Å². The molecule has 1 heterocycles. The Morgan fingerprint density at radius 2 is 2.16 bits per heavy atom. The molecule has 0 radical (unpaired) electrons. The summed E-state index contributed by atoms with van der Waals surface area (Å²) < 4.78 is 0. The summed E-state index contributed by atoms with van der Waals surface area (Å²) in [5.41, 5.74) is 1.27. The Morgan fingerprint density at radius 1 is 1.42 bits per heavy atom. The minimum Gasteiger partial charge on any atom is -0.480 e. The van der Waals surface area contributed by atoms with Crippen molar-refractivity contribution in [2.75, 3.05) is 0 Å². The summed E-state index contributed by atoms with van der Waals surface area (Å²) in [6.07, 6.45) is 3.23. The van der Waals surface area contributed by atoms with E-state index in [4.69, 9.17) is 5.11 Å². The van der Waals surface area contributed by atoms with E-state index in [1.54, 1.807) is 6.20 Å². The number of para-hydroxylation sites is 1. The molecule has 0 saturated heterocycles. The van der Waals surface area contributed by atoms with Gasteiger partial charge in [0.15, 0.2) is 0 Å². The fourth-order valence-corrected chi connectivity index (χ4v) is 1.88. The molecule has 0 bridgehead atoms. The molecule has 2 rings (SSSR count). The number of carboxylic acid groups (broad SMARTS) is 1. The molecule has 1 aromatic heterocycles. The minimum atomic E-state index is -1.08. The Morgan fingerprint density at radius 3 is 2.84 bits per heavy atom. The third-order valence-electron chi connectivity index (χ3n) is 2.84. The van der Waals surface area contributed by atoms with Crippen LogP contribution in [0.1, 0.15) is 16.8 Å². The van der Waals surface area contributed by atoms with Gasteiger partial charge in [-0.3, -0.25) is 4.79 Å². The Balaban J connectivity index is 2.24. The summed E-state index contributed by atoms with van der Waals surface area (Å²) in [5.74, 6) is -1.49. The molecule has 0 spiro atoms. The topological polar surface area (TPSA) is 82.2 Å². The average Bonchev–Trinajstić information content (AvgIpc) is 2.81. The second-order valence-electron chi connectivity index (χ2n) is 4.14. The maximum Gasteiger partial charge on any atom is 0.326 e. The average molecular weight is 258 g/mol. The molecule has 1 unspecified atom stereocenters. The highest BCUT2D eigenvalue weighted by Crippen LogP contribution is 2.17. The molecular formula is C14H14N2O3. The first kappa shape index (κ1) is 12.9. The fraction of sp³-hybridized carbons (Fsp3) is 0.143. The maximum atomic E-state index is 12.1. The number of carbonyl (C=O) groups excluding carboxylic acids is 1. The van der Waals surface area contributed by atoms with E-state index in [2.05, 4.69) is 16.9 Å². The number of fused-ring (bicyclic) bond motifs is 1. The minimum absolute atomic E-state index is 0.184. The van der Waals surface area contributed by atoms with E-state index >= 15 is 0 Å². The van der Waals surface area contributed by atoms with Crippen LogP contribution in [0, 0.1) is 0 Å². The van der Waals surface area contributed by atoms with E-state index in [1.807, 2.05) is 24.3 Å². The summed E-state index contributed by atoms with van der Waals surface area (Å²) in [7, 11) is 0. The van der Waals surface area contributed by atoms with Gasteiger partial charge in [0.2, 0.25) is 0 Å². The van der Waals surface area contributed by atoms with Gasteiger partial charge in [-0.1, -0.05) is 24.3 Å². The van der Waals surface area contributed by atoms with Crippen LogP contribution in [-0.4, -0.2) is 28.0 Å². The second kappa shape index (κ2) is 5.39. The number of hydrogen-bond donors (Lipinski definition) is 3. The number of carbonyl (C=O) groups is 2. The summed E-state index contributed by atoms with van der Waals surface area (Å²) >= 11 is 0. The highest BCUT2D eigenvalue weighted by atomic mass is 16.4. The zero-order valence-corrected chi connectivity index (χ0v) is 10.2. The number of aliphatic carboxylic acids is 1. The Bertz CT molecular complexity index is 630. The van der Waals surface area contributed by atoms with E-state index < -0.39 is 17.9 Å².